The number of hydrogen-bond donors (Lipinski definition) is 1. The summed E-state index contributed by atoms with van der Waals surface area (Å²) in [4.78, 5) is 12.1. The predicted molar refractivity (Wildman–Crippen MR) is 95.0 cm³/mol. The molecule has 10 heteroatoms. The SMILES string of the molecule is O=C(Nc1ccc(F)c(F)c1)c1cccc(S(=O)(=O)[C@@H]2CCS(=O)(=O)C2)c1. The summed E-state index contributed by atoms with van der Waals surface area (Å²) in [5.41, 5.74) is -0.00397. The summed E-state index contributed by atoms with van der Waals surface area (Å²) in [7, 11) is -7.31. The number of halogens is 2. The van der Waals surface area contributed by atoms with E-state index in [1.54, 1.807) is 0 Å². The van der Waals surface area contributed by atoms with Crippen molar-refractivity contribution in [1.29, 1.82) is 0 Å². The third-order valence-corrected chi connectivity index (χ3v) is 8.40. The maximum absolute atomic E-state index is 13.2. The molecule has 1 fully saturated rings. The van der Waals surface area contributed by atoms with Crippen molar-refractivity contribution < 1.29 is 30.4 Å². The topological polar surface area (TPSA) is 97.4 Å². The number of rotatable bonds is 4. The second-order valence-electron chi connectivity index (χ2n) is 6.18. The first-order chi connectivity index (χ1) is 12.6. The van der Waals surface area contributed by atoms with E-state index in [1.807, 2.05) is 0 Å². The van der Waals surface area contributed by atoms with E-state index in [9.17, 15) is 30.4 Å². The molecule has 144 valence electrons. The molecule has 1 amide bonds. The molecule has 1 saturated heterocycles. The molecule has 0 spiro atoms. The van der Waals surface area contributed by atoms with Gasteiger partial charge >= 0.3 is 0 Å². The summed E-state index contributed by atoms with van der Waals surface area (Å²) < 4.78 is 74.6. The van der Waals surface area contributed by atoms with Gasteiger partial charge < -0.3 is 5.32 Å². The van der Waals surface area contributed by atoms with Crippen molar-refractivity contribution in [1.82, 2.24) is 0 Å². The fraction of sp³-hybridized carbons (Fsp3) is 0.235. The van der Waals surface area contributed by atoms with Crippen LogP contribution in [0, 0.1) is 11.6 Å². The second-order valence-corrected chi connectivity index (χ2v) is 10.6. The normalized spacial score (nSPS) is 19.0. The quantitative estimate of drug-likeness (QED) is 0.826. The van der Waals surface area contributed by atoms with Crippen LogP contribution in [0.4, 0.5) is 14.5 Å². The van der Waals surface area contributed by atoms with Crippen molar-refractivity contribution >= 4 is 31.3 Å². The Morgan fingerprint density at radius 2 is 1.81 bits per heavy atom. The van der Waals surface area contributed by atoms with Gasteiger partial charge in [0.2, 0.25) is 0 Å². The molecule has 1 N–H and O–H groups in total. The highest BCUT2D eigenvalue weighted by atomic mass is 32.2. The van der Waals surface area contributed by atoms with Gasteiger partial charge in [-0.05, 0) is 36.8 Å². The van der Waals surface area contributed by atoms with E-state index in [0.717, 1.165) is 18.2 Å². The Morgan fingerprint density at radius 3 is 2.44 bits per heavy atom. The van der Waals surface area contributed by atoms with Crippen LogP contribution in [0.15, 0.2) is 47.4 Å². The van der Waals surface area contributed by atoms with Gasteiger partial charge in [-0.15, -0.1) is 0 Å². The molecule has 0 bridgehead atoms. The highest BCUT2D eigenvalue weighted by Crippen LogP contribution is 2.26. The van der Waals surface area contributed by atoms with E-state index in [0.29, 0.717) is 0 Å². The van der Waals surface area contributed by atoms with Gasteiger partial charge in [-0.1, -0.05) is 6.07 Å². The first-order valence-corrected chi connectivity index (χ1v) is 11.3. The molecule has 6 nitrogen and oxygen atoms in total. The number of benzene rings is 2. The fourth-order valence-electron chi connectivity index (χ4n) is 2.79. The van der Waals surface area contributed by atoms with Crippen molar-refractivity contribution in [3.05, 3.63) is 59.7 Å². The van der Waals surface area contributed by atoms with Gasteiger partial charge in [0.1, 0.15) is 0 Å². The van der Waals surface area contributed by atoms with E-state index >= 15 is 0 Å². The minimum absolute atomic E-state index is 0.00838. The Labute approximate surface area is 155 Å². The summed E-state index contributed by atoms with van der Waals surface area (Å²) in [5, 5.41) is 1.30. The summed E-state index contributed by atoms with van der Waals surface area (Å²) in [6.07, 6.45) is 0.00987. The molecular weight excluding hydrogens is 400 g/mol. The number of anilines is 1. The van der Waals surface area contributed by atoms with E-state index in [4.69, 9.17) is 0 Å². The summed E-state index contributed by atoms with van der Waals surface area (Å²) in [6.45, 7) is 0. The van der Waals surface area contributed by atoms with Crippen LogP contribution in [-0.2, 0) is 19.7 Å². The van der Waals surface area contributed by atoms with Crippen LogP contribution < -0.4 is 5.32 Å². The highest BCUT2D eigenvalue weighted by Gasteiger charge is 2.38. The van der Waals surface area contributed by atoms with Crippen LogP contribution in [0.1, 0.15) is 16.8 Å². The molecule has 1 aliphatic heterocycles. The van der Waals surface area contributed by atoms with Gasteiger partial charge in [-0.2, -0.15) is 0 Å². The van der Waals surface area contributed by atoms with Crippen molar-refractivity contribution in [2.75, 3.05) is 16.8 Å². The van der Waals surface area contributed by atoms with Gasteiger partial charge in [0.15, 0.2) is 31.3 Å². The number of nitrogens with one attached hydrogen (secondary N) is 1. The summed E-state index contributed by atoms with van der Waals surface area (Å²) in [5.74, 6) is -3.54. The van der Waals surface area contributed by atoms with Crippen LogP contribution in [0.2, 0.25) is 0 Å². The Balaban J connectivity index is 1.84. The van der Waals surface area contributed by atoms with Crippen LogP contribution in [0.3, 0.4) is 0 Å². The predicted octanol–water partition coefficient (Wildman–Crippen LogP) is 2.18. The lowest BCUT2D eigenvalue weighted by Crippen LogP contribution is -2.23. The molecule has 1 atom stereocenters. The smallest absolute Gasteiger partial charge is 0.255 e. The maximum atomic E-state index is 13.2. The third kappa shape index (κ3) is 4.16. The lowest BCUT2D eigenvalue weighted by molar-refractivity contribution is 0.102. The molecule has 2 aromatic rings. The zero-order valence-electron chi connectivity index (χ0n) is 13.9. The van der Waals surface area contributed by atoms with E-state index in [2.05, 4.69) is 5.32 Å². The lowest BCUT2D eigenvalue weighted by Gasteiger charge is -2.11. The van der Waals surface area contributed by atoms with Crippen LogP contribution in [0.5, 0.6) is 0 Å². The average Bonchev–Trinajstić information content (AvgIpc) is 2.99. The number of amides is 1. The van der Waals surface area contributed by atoms with Crippen molar-refractivity contribution in [3.8, 4) is 0 Å². The molecule has 0 aliphatic carbocycles. The lowest BCUT2D eigenvalue weighted by atomic mass is 10.2. The summed E-state index contributed by atoms with van der Waals surface area (Å²) >= 11 is 0. The largest absolute Gasteiger partial charge is 0.322 e. The van der Waals surface area contributed by atoms with E-state index in [-0.39, 0.29) is 28.3 Å². The Hall–Kier alpha value is -2.33. The van der Waals surface area contributed by atoms with Crippen molar-refractivity contribution in [2.24, 2.45) is 0 Å². The van der Waals surface area contributed by atoms with Crippen LogP contribution in [0.25, 0.3) is 0 Å². The van der Waals surface area contributed by atoms with E-state index < -0.39 is 48.2 Å². The Morgan fingerprint density at radius 1 is 1.07 bits per heavy atom. The molecule has 3 rings (SSSR count). The average molecular weight is 415 g/mol. The number of hydrogen-bond acceptors (Lipinski definition) is 5. The van der Waals surface area contributed by atoms with Crippen molar-refractivity contribution in [3.63, 3.8) is 0 Å². The van der Waals surface area contributed by atoms with Gasteiger partial charge in [0.25, 0.3) is 5.91 Å². The van der Waals surface area contributed by atoms with Gasteiger partial charge in [-0.3, -0.25) is 4.79 Å². The zero-order valence-corrected chi connectivity index (χ0v) is 15.5. The standard InChI is InChI=1S/C17H15F2NO5S2/c18-15-5-4-12(9-16(15)19)20-17(21)11-2-1-3-13(8-11)27(24,25)14-6-7-26(22,23)10-14/h1-5,8-9,14H,6-7,10H2,(H,20,21)/t14-/m1/s1. The minimum atomic E-state index is -3.92. The van der Waals surface area contributed by atoms with Crippen molar-refractivity contribution in [2.45, 2.75) is 16.6 Å². The van der Waals surface area contributed by atoms with Gasteiger partial charge in [0.05, 0.1) is 21.7 Å². The summed E-state index contributed by atoms with van der Waals surface area (Å²) in [6, 6.07) is 7.96. The number of sulfone groups is 2. The molecule has 1 aliphatic rings. The molecular formula is C17H15F2NO5S2. The van der Waals surface area contributed by atoms with Crippen LogP contribution >= 0.6 is 0 Å². The number of carbonyl (C=O) groups is 1. The second kappa shape index (κ2) is 7.01. The third-order valence-electron chi connectivity index (χ3n) is 4.23. The Bertz CT molecular complexity index is 1110. The van der Waals surface area contributed by atoms with Gasteiger partial charge in [-0.25, -0.2) is 25.6 Å². The highest BCUT2D eigenvalue weighted by molar-refractivity contribution is 7.96. The molecule has 1 heterocycles. The first kappa shape index (κ1) is 19.4. The molecule has 0 saturated carbocycles. The monoisotopic (exact) mass is 415 g/mol. The van der Waals surface area contributed by atoms with Gasteiger partial charge in [0, 0.05) is 17.3 Å². The molecule has 0 unspecified atom stereocenters. The van der Waals surface area contributed by atoms with Crippen LogP contribution in [-0.4, -0.2) is 39.5 Å². The number of carbonyl (C=O) groups excluding carboxylic acids is 1. The molecule has 27 heavy (non-hydrogen) atoms. The Kier molecular flexibility index (Phi) is 5.04. The first-order valence-electron chi connectivity index (χ1n) is 7.89. The fourth-order valence-corrected chi connectivity index (χ4v) is 7.19. The molecule has 0 aromatic heterocycles. The minimum Gasteiger partial charge on any atom is -0.322 e. The van der Waals surface area contributed by atoms with E-state index in [1.165, 1.54) is 24.3 Å². The maximum Gasteiger partial charge on any atom is 0.255 e. The molecule has 0 radical (unpaired) electrons. The molecule has 2 aromatic carbocycles. The zero-order chi connectivity index (χ0) is 19.8.